The molecule has 1 aromatic carbocycles. The van der Waals surface area contributed by atoms with Gasteiger partial charge in [-0.2, -0.15) is 0 Å². The van der Waals surface area contributed by atoms with E-state index in [0.29, 0.717) is 10.5 Å². The van der Waals surface area contributed by atoms with Gasteiger partial charge in [-0.15, -0.1) is 0 Å². The minimum Gasteiger partial charge on any atom is -0.473 e. The molecule has 0 spiro atoms. The van der Waals surface area contributed by atoms with Crippen molar-refractivity contribution in [1.82, 2.24) is 4.98 Å². The van der Waals surface area contributed by atoms with Gasteiger partial charge in [0.1, 0.15) is 22.8 Å². The van der Waals surface area contributed by atoms with Crippen LogP contribution in [0.1, 0.15) is 5.56 Å². The standard InChI is InChI=1S/C12H8BrF2NO/c13-11-2-1-3-12(16-11)17-7-8-4-5-9(14)6-10(8)15/h1-6H,7H2. The molecule has 88 valence electrons. The molecule has 5 heteroatoms. The topological polar surface area (TPSA) is 22.1 Å². The van der Waals surface area contributed by atoms with Crippen LogP contribution >= 0.6 is 15.9 Å². The fourth-order valence-corrected chi connectivity index (χ4v) is 1.59. The normalized spacial score (nSPS) is 10.3. The highest BCUT2D eigenvalue weighted by Gasteiger charge is 2.05. The Kier molecular flexibility index (Phi) is 3.68. The van der Waals surface area contributed by atoms with Crippen LogP contribution in [0.2, 0.25) is 0 Å². The minimum absolute atomic E-state index is 0.00949. The van der Waals surface area contributed by atoms with Crippen molar-refractivity contribution in [2.45, 2.75) is 6.61 Å². The predicted octanol–water partition coefficient (Wildman–Crippen LogP) is 3.70. The first-order valence-corrected chi connectivity index (χ1v) is 5.64. The summed E-state index contributed by atoms with van der Waals surface area (Å²) in [7, 11) is 0. The van der Waals surface area contributed by atoms with Crippen LogP contribution in [-0.2, 0) is 6.61 Å². The number of halogens is 3. The molecule has 0 aliphatic rings. The van der Waals surface area contributed by atoms with E-state index in [9.17, 15) is 8.78 Å². The van der Waals surface area contributed by atoms with E-state index in [4.69, 9.17) is 4.74 Å². The Labute approximate surface area is 105 Å². The number of hydrogen-bond acceptors (Lipinski definition) is 2. The van der Waals surface area contributed by atoms with E-state index in [2.05, 4.69) is 20.9 Å². The fraction of sp³-hybridized carbons (Fsp3) is 0.0833. The average Bonchev–Trinajstić information content (AvgIpc) is 2.28. The van der Waals surface area contributed by atoms with Gasteiger partial charge in [-0.3, -0.25) is 0 Å². The molecular weight excluding hydrogens is 292 g/mol. The zero-order chi connectivity index (χ0) is 12.3. The monoisotopic (exact) mass is 299 g/mol. The van der Waals surface area contributed by atoms with Crippen LogP contribution < -0.4 is 4.74 Å². The molecule has 2 nitrogen and oxygen atoms in total. The Balaban J connectivity index is 2.07. The molecule has 17 heavy (non-hydrogen) atoms. The van der Waals surface area contributed by atoms with E-state index in [1.165, 1.54) is 12.1 Å². The highest BCUT2D eigenvalue weighted by atomic mass is 79.9. The number of nitrogens with zero attached hydrogens (tertiary/aromatic N) is 1. The number of aromatic nitrogens is 1. The van der Waals surface area contributed by atoms with Crippen molar-refractivity contribution in [2.75, 3.05) is 0 Å². The van der Waals surface area contributed by atoms with Gasteiger partial charge in [0.25, 0.3) is 0 Å². The first-order chi connectivity index (χ1) is 8.15. The molecule has 0 radical (unpaired) electrons. The summed E-state index contributed by atoms with van der Waals surface area (Å²) in [5.41, 5.74) is 0.285. The van der Waals surface area contributed by atoms with Crippen molar-refractivity contribution < 1.29 is 13.5 Å². The maximum absolute atomic E-state index is 13.3. The molecule has 0 saturated carbocycles. The Bertz CT molecular complexity index is 534. The lowest BCUT2D eigenvalue weighted by molar-refractivity contribution is 0.287. The number of ether oxygens (including phenoxy) is 1. The van der Waals surface area contributed by atoms with E-state index in [-0.39, 0.29) is 12.2 Å². The number of pyridine rings is 1. The smallest absolute Gasteiger partial charge is 0.214 e. The summed E-state index contributed by atoms with van der Waals surface area (Å²) < 4.78 is 31.9. The molecule has 0 unspecified atom stereocenters. The van der Waals surface area contributed by atoms with Crippen molar-refractivity contribution in [2.24, 2.45) is 0 Å². The van der Waals surface area contributed by atoms with Gasteiger partial charge < -0.3 is 4.74 Å². The van der Waals surface area contributed by atoms with Crippen LogP contribution in [0.5, 0.6) is 5.88 Å². The van der Waals surface area contributed by atoms with Crippen molar-refractivity contribution in [3.63, 3.8) is 0 Å². The second-order valence-corrected chi connectivity index (χ2v) is 4.14. The van der Waals surface area contributed by atoms with Crippen LogP contribution in [0.3, 0.4) is 0 Å². The van der Waals surface area contributed by atoms with E-state index in [1.54, 1.807) is 18.2 Å². The third-order valence-electron chi connectivity index (χ3n) is 2.08. The van der Waals surface area contributed by atoms with Crippen molar-refractivity contribution in [3.05, 3.63) is 58.2 Å². The number of hydrogen-bond donors (Lipinski definition) is 0. The summed E-state index contributed by atoms with van der Waals surface area (Å²) in [6.45, 7) is 0.00949. The van der Waals surface area contributed by atoms with Gasteiger partial charge in [-0.1, -0.05) is 6.07 Å². The average molecular weight is 300 g/mol. The molecule has 0 bridgehead atoms. The number of rotatable bonds is 3. The summed E-state index contributed by atoms with van der Waals surface area (Å²) in [5.74, 6) is -0.852. The number of benzene rings is 1. The fourth-order valence-electron chi connectivity index (χ4n) is 1.26. The summed E-state index contributed by atoms with van der Waals surface area (Å²) >= 11 is 3.20. The Morgan fingerprint density at radius 1 is 1.18 bits per heavy atom. The van der Waals surface area contributed by atoms with Crippen molar-refractivity contribution in [1.29, 1.82) is 0 Å². The maximum Gasteiger partial charge on any atom is 0.214 e. The summed E-state index contributed by atoms with van der Waals surface area (Å²) in [5, 5.41) is 0. The van der Waals surface area contributed by atoms with E-state index in [0.717, 1.165) is 6.07 Å². The molecule has 0 aliphatic carbocycles. The molecule has 2 aromatic rings. The van der Waals surface area contributed by atoms with Gasteiger partial charge >= 0.3 is 0 Å². The molecule has 0 N–H and O–H groups in total. The van der Waals surface area contributed by atoms with Crippen LogP contribution in [-0.4, -0.2) is 4.98 Å². The molecule has 0 aliphatic heterocycles. The second-order valence-electron chi connectivity index (χ2n) is 3.32. The molecular formula is C12H8BrF2NO. The molecule has 1 aromatic heterocycles. The third kappa shape index (κ3) is 3.23. The summed E-state index contributed by atoms with van der Waals surface area (Å²) in [6.07, 6.45) is 0. The molecule has 0 fully saturated rings. The zero-order valence-corrected chi connectivity index (χ0v) is 10.2. The van der Waals surface area contributed by atoms with Gasteiger partial charge in [0.05, 0.1) is 0 Å². The van der Waals surface area contributed by atoms with Gasteiger partial charge in [-0.05, 0) is 34.1 Å². The van der Waals surface area contributed by atoms with Gasteiger partial charge in [-0.25, -0.2) is 13.8 Å². The van der Waals surface area contributed by atoms with E-state index in [1.807, 2.05) is 0 Å². The van der Waals surface area contributed by atoms with Crippen molar-refractivity contribution >= 4 is 15.9 Å². The quantitative estimate of drug-likeness (QED) is 0.806. The largest absolute Gasteiger partial charge is 0.473 e. The van der Waals surface area contributed by atoms with Crippen LogP contribution in [0.25, 0.3) is 0 Å². The summed E-state index contributed by atoms with van der Waals surface area (Å²) in [6, 6.07) is 8.54. The molecule has 0 saturated heterocycles. The highest BCUT2D eigenvalue weighted by molar-refractivity contribution is 9.10. The van der Waals surface area contributed by atoms with Gasteiger partial charge in [0, 0.05) is 17.7 Å². The van der Waals surface area contributed by atoms with E-state index >= 15 is 0 Å². The lowest BCUT2D eigenvalue weighted by atomic mass is 10.2. The van der Waals surface area contributed by atoms with Gasteiger partial charge in [0.15, 0.2) is 0 Å². The molecule has 2 rings (SSSR count). The Morgan fingerprint density at radius 3 is 2.71 bits per heavy atom. The molecule has 0 atom stereocenters. The zero-order valence-electron chi connectivity index (χ0n) is 8.66. The van der Waals surface area contributed by atoms with Crippen LogP contribution in [0, 0.1) is 11.6 Å². The van der Waals surface area contributed by atoms with Crippen molar-refractivity contribution in [3.8, 4) is 5.88 Å². The van der Waals surface area contributed by atoms with E-state index < -0.39 is 11.6 Å². The SMILES string of the molecule is Fc1ccc(COc2cccc(Br)n2)c(F)c1. The third-order valence-corrected chi connectivity index (χ3v) is 2.52. The Morgan fingerprint density at radius 2 is 2.00 bits per heavy atom. The predicted molar refractivity (Wildman–Crippen MR) is 62.6 cm³/mol. The summed E-state index contributed by atoms with van der Waals surface area (Å²) in [4.78, 5) is 4.03. The first kappa shape index (κ1) is 12.0. The Hall–Kier alpha value is -1.49. The van der Waals surface area contributed by atoms with Crippen LogP contribution in [0.15, 0.2) is 41.0 Å². The molecule has 1 heterocycles. The maximum atomic E-state index is 13.3. The minimum atomic E-state index is -0.625. The second kappa shape index (κ2) is 5.23. The molecule has 0 amide bonds. The van der Waals surface area contributed by atoms with Crippen LogP contribution in [0.4, 0.5) is 8.78 Å². The lowest BCUT2D eigenvalue weighted by Crippen LogP contribution is -2.00. The van der Waals surface area contributed by atoms with Gasteiger partial charge in [0.2, 0.25) is 5.88 Å². The first-order valence-electron chi connectivity index (χ1n) is 4.84. The highest BCUT2D eigenvalue weighted by Crippen LogP contribution is 2.15. The lowest BCUT2D eigenvalue weighted by Gasteiger charge is -2.06.